The third-order valence-corrected chi connectivity index (χ3v) is 2.95. The van der Waals surface area contributed by atoms with E-state index in [4.69, 9.17) is 9.15 Å². The van der Waals surface area contributed by atoms with Gasteiger partial charge in [0.25, 0.3) is 0 Å². The molecule has 0 bridgehead atoms. The van der Waals surface area contributed by atoms with Gasteiger partial charge in [0.05, 0.1) is 18.9 Å². The minimum atomic E-state index is 0.463. The maximum Gasteiger partial charge on any atom is 0.120 e. The van der Waals surface area contributed by atoms with Crippen molar-refractivity contribution in [2.24, 2.45) is 0 Å². The van der Waals surface area contributed by atoms with Crippen molar-refractivity contribution in [1.82, 2.24) is 5.32 Å². The van der Waals surface area contributed by atoms with Crippen LogP contribution in [0.5, 0.6) is 0 Å². The Hall–Kier alpha value is -0.800. The molecule has 1 heterocycles. The summed E-state index contributed by atoms with van der Waals surface area (Å²) >= 11 is 0. The van der Waals surface area contributed by atoms with E-state index in [1.807, 2.05) is 6.07 Å². The average Bonchev–Trinajstić information content (AvgIpc) is 2.49. The first-order valence-corrected chi connectivity index (χ1v) is 5.08. The molecule has 14 heavy (non-hydrogen) atoms. The minimum Gasteiger partial charge on any atom is -0.468 e. The van der Waals surface area contributed by atoms with Gasteiger partial charge in [-0.05, 0) is 31.4 Å². The lowest BCUT2D eigenvalue weighted by Gasteiger charge is -2.34. The summed E-state index contributed by atoms with van der Waals surface area (Å²) < 4.78 is 10.6. The number of hydrogen-bond donors (Lipinski definition) is 1. The van der Waals surface area contributed by atoms with Gasteiger partial charge in [-0.25, -0.2) is 0 Å². The van der Waals surface area contributed by atoms with Gasteiger partial charge in [0, 0.05) is 13.2 Å². The highest BCUT2D eigenvalue weighted by Crippen LogP contribution is 2.23. The molecule has 0 amide bonds. The molecular weight excluding hydrogens is 178 g/mol. The lowest BCUT2D eigenvalue weighted by Crippen LogP contribution is -2.44. The third kappa shape index (κ3) is 1.99. The van der Waals surface area contributed by atoms with Crippen LogP contribution in [0.2, 0.25) is 0 Å². The van der Waals surface area contributed by atoms with Gasteiger partial charge in [-0.1, -0.05) is 0 Å². The quantitative estimate of drug-likeness (QED) is 0.796. The molecule has 1 aliphatic carbocycles. The molecule has 0 aliphatic heterocycles. The van der Waals surface area contributed by atoms with E-state index in [-0.39, 0.29) is 0 Å². The molecule has 0 aromatic carbocycles. The van der Waals surface area contributed by atoms with Crippen LogP contribution in [-0.2, 0) is 11.3 Å². The van der Waals surface area contributed by atoms with Crippen molar-refractivity contribution in [2.75, 3.05) is 7.11 Å². The first kappa shape index (κ1) is 9.74. The van der Waals surface area contributed by atoms with Crippen LogP contribution in [0.1, 0.15) is 24.2 Å². The monoisotopic (exact) mass is 195 g/mol. The number of hydrogen-bond acceptors (Lipinski definition) is 3. The summed E-state index contributed by atoms with van der Waals surface area (Å²) in [5.74, 6) is 1.05. The minimum absolute atomic E-state index is 0.463. The first-order valence-electron chi connectivity index (χ1n) is 5.08. The van der Waals surface area contributed by atoms with E-state index < -0.39 is 0 Å². The van der Waals surface area contributed by atoms with Crippen molar-refractivity contribution in [1.29, 1.82) is 0 Å². The van der Waals surface area contributed by atoms with Gasteiger partial charge in [0.2, 0.25) is 0 Å². The Balaban J connectivity index is 1.72. The molecule has 0 atom stereocenters. The number of ether oxygens (including phenoxy) is 1. The Morgan fingerprint density at radius 3 is 2.93 bits per heavy atom. The molecule has 1 fully saturated rings. The third-order valence-electron chi connectivity index (χ3n) is 2.95. The molecule has 78 valence electrons. The largest absolute Gasteiger partial charge is 0.468 e. The van der Waals surface area contributed by atoms with Gasteiger partial charge in [0.1, 0.15) is 5.76 Å². The average molecular weight is 195 g/mol. The van der Waals surface area contributed by atoms with Crippen molar-refractivity contribution in [3.05, 3.63) is 23.7 Å². The number of methoxy groups -OCH3 is 1. The summed E-state index contributed by atoms with van der Waals surface area (Å²) in [6, 6.07) is 2.60. The SMILES string of the molecule is COC1CC(NCc2occc2C)C1. The highest BCUT2D eigenvalue weighted by Gasteiger charge is 2.28. The number of rotatable bonds is 4. The summed E-state index contributed by atoms with van der Waals surface area (Å²) in [6.45, 7) is 2.90. The zero-order chi connectivity index (χ0) is 9.97. The van der Waals surface area contributed by atoms with Gasteiger partial charge in [-0.15, -0.1) is 0 Å². The number of furan rings is 1. The molecule has 0 spiro atoms. The van der Waals surface area contributed by atoms with Crippen LogP contribution < -0.4 is 5.32 Å². The van der Waals surface area contributed by atoms with Crippen molar-refractivity contribution >= 4 is 0 Å². The first-order chi connectivity index (χ1) is 6.79. The molecule has 1 aromatic heterocycles. The highest BCUT2D eigenvalue weighted by atomic mass is 16.5. The molecule has 1 N–H and O–H groups in total. The van der Waals surface area contributed by atoms with Crippen LogP contribution in [0.3, 0.4) is 0 Å². The fraction of sp³-hybridized carbons (Fsp3) is 0.636. The number of aryl methyl sites for hydroxylation is 1. The summed E-state index contributed by atoms with van der Waals surface area (Å²) in [6.07, 6.45) is 4.45. The van der Waals surface area contributed by atoms with Crippen molar-refractivity contribution in [3.8, 4) is 0 Å². The summed E-state index contributed by atoms with van der Waals surface area (Å²) in [5, 5.41) is 3.45. The zero-order valence-corrected chi connectivity index (χ0v) is 8.75. The van der Waals surface area contributed by atoms with Crippen LogP contribution in [0, 0.1) is 6.92 Å². The van der Waals surface area contributed by atoms with Gasteiger partial charge < -0.3 is 14.5 Å². The Kier molecular flexibility index (Phi) is 2.89. The molecule has 3 nitrogen and oxygen atoms in total. The lowest BCUT2D eigenvalue weighted by molar-refractivity contribution is 0.0165. The fourth-order valence-electron chi connectivity index (χ4n) is 1.75. The molecule has 0 radical (unpaired) electrons. The molecule has 1 saturated carbocycles. The van der Waals surface area contributed by atoms with Crippen molar-refractivity contribution in [2.45, 2.75) is 38.5 Å². The van der Waals surface area contributed by atoms with E-state index >= 15 is 0 Å². The molecule has 2 rings (SSSR count). The van der Waals surface area contributed by atoms with E-state index in [0.29, 0.717) is 12.1 Å². The van der Waals surface area contributed by atoms with Crippen molar-refractivity contribution in [3.63, 3.8) is 0 Å². The lowest BCUT2D eigenvalue weighted by atomic mass is 9.89. The summed E-state index contributed by atoms with van der Waals surface area (Å²) in [7, 11) is 1.78. The maximum atomic E-state index is 5.34. The highest BCUT2D eigenvalue weighted by molar-refractivity contribution is 5.14. The predicted octanol–water partition coefficient (Wildman–Crippen LogP) is 1.86. The molecule has 1 aliphatic rings. The van der Waals surface area contributed by atoms with Crippen LogP contribution in [0.4, 0.5) is 0 Å². The molecular formula is C11H17NO2. The molecule has 0 unspecified atom stereocenters. The fourth-order valence-corrected chi connectivity index (χ4v) is 1.75. The molecule has 1 aromatic rings. The zero-order valence-electron chi connectivity index (χ0n) is 8.75. The topological polar surface area (TPSA) is 34.4 Å². The van der Waals surface area contributed by atoms with Gasteiger partial charge in [-0.2, -0.15) is 0 Å². The Bertz CT molecular complexity index is 289. The maximum absolute atomic E-state index is 5.34. The van der Waals surface area contributed by atoms with Gasteiger partial charge in [0.15, 0.2) is 0 Å². The van der Waals surface area contributed by atoms with Gasteiger partial charge >= 0.3 is 0 Å². The van der Waals surface area contributed by atoms with E-state index in [1.54, 1.807) is 13.4 Å². The Labute approximate surface area is 84.4 Å². The van der Waals surface area contributed by atoms with Crippen LogP contribution >= 0.6 is 0 Å². The second-order valence-corrected chi connectivity index (χ2v) is 3.93. The molecule has 3 heteroatoms. The summed E-state index contributed by atoms with van der Waals surface area (Å²) in [5.41, 5.74) is 1.22. The van der Waals surface area contributed by atoms with Crippen LogP contribution in [0.15, 0.2) is 16.7 Å². The van der Waals surface area contributed by atoms with Crippen LogP contribution in [0.25, 0.3) is 0 Å². The van der Waals surface area contributed by atoms with Crippen LogP contribution in [-0.4, -0.2) is 19.3 Å². The van der Waals surface area contributed by atoms with Crippen molar-refractivity contribution < 1.29 is 9.15 Å². The Morgan fingerprint density at radius 2 is 2.36 bits per heavy atom. The second-order valence-electron chi connectivity index (χ2n) is 3.93. The van der Waals surface area contributed by atoms with E-state index in [1.165, 1.54) is 5.56 Å². The van der Waals surface area contributed by atoms with E-state index in [0.717, 1.165) is 25.1 Å². The normalized spacial score (nSPS) is 26.1. The predicted molar refractivity (Wildman–Crippen MR) is 54.1 cm³/mol. The van der Waals surface area contributed by atoms with E-state index in [9.17, 15) is 0 Å². The standard InChI is InChI=1S/C11H17NO2/c1-8-3-4-14-11(8)7-12-9-5-10(6-9)13-2/h3-4,9-10,12H,5-7H2,1-2H3. The Morgan fingerprint density at radius 1 is 1.57 bits per heavy atom. The molecule has 0 saturated heterocycles. The van der Waals surface area contributed by atoms with Gasteiger partial charge in [-0.3, -0.25) is 0 Å². The number of nitrogens with one attached hydrogen (secondary N) is 1. The second kappa shape index (κ2) is 4.15. The van der Waals surface area contributed by atoms with E-state index in [2.05, 4.69) is 12.2 Å². The smallest absolute Gasteiger partial charge is 0.120 e. The summed E-state index contributed by atoms with van der Waals surface area (Å²) in [4.78, 5) is 0.